The number of halogens is 1. The molecule has 0 unspecified atom stereocenters. The normalized spacial score (nSPS) is 17.7. The monoisotopic (exact) mass is 352 g/mol. The van der Waals surface area contributed by atoms with Gasteiger partial charge in [0.15, 0.2) is 0 Å². The van der Waals surface area contributed by atoms with Crippen molar-refractivity contribution in [2.45, 2.75) is 58.2 Å². The molecule has 0 aliphatic carbocycles. The maximum atomic E-state index is 11.8. The third kappa shape index (κ3) is 5.47. The van der Waals surface area contributed by atoms with Gasteiger partial charge in [-0.2, -0.15) is 0 Å². The predicted molar refractivity (Wildman–Crippen MR) is 98.3 cm³/mol. The first kappa shape index (κ1) is 19.2. The summed E-state index contributed by atoms with van der Waals surface area (Å²) in [4.78, 5) is 14.3. The lowest BCUT2D eigenvalue weighted by atomic mass is 10.0. The Morgan fingerprint density at radius 1 is 1.42 bits per heavy atom. The number of aryl methyl sites for hydroxylation is 1. The molecule has 0 aromatic heterocycles. The molecule has 1 heterocycles. The first-order chi connectivity index (χ1) is 11.5. The van der Waals surface area contributed by atoms with Gasteiger partial charge in [-0.05, 0) is 56.5 Å². The third-order valence-electron chi connectivity index (χ3n) is 4.72. The van der Waals surface area contributed by atoms with E-state index >= 15 is 0 Å². The van der Waals surface area contributed by atoms with Crippen molar-refractivity contribution in [3.63, 3.8) is 0 Å². The summed E-state index contributed by atoms with van der Waals surface area (Å²) >= 11 is 6.09. The minimum atomic E-state index is -0.171. The minimum absolute atomic E-state index is 0.143. The number of nitrogens with zero attached hydrogens (tertiary/aromatic N) is 1. The number of benzene rings is 1. The molecule has 2 rings (SSSR count). The van der Waals surface area contributed by atoms with Crippen molar-refractivity contribution in [1.29, 1.82) is 0 Å². The molecule has 1 aliphatic heterocycles. The summed E-state index contributed by atoms with van der Waals surface area (Å²) in [5.74, 6) is -0.143. The van der Waals surface area contributed by atoms with Crippen LogP contribution in [-0.4, -0.2) is 43.2 Å². The van der Waals surface area contributed by atoms with E-state index in [-0.39, 0.29) is 12.0 Å². The Balaban J connectivity index is 1.82. The van der Waals surface area contributed by atoms with E-state index in [1.165, 1.54) is 12.7 Å². The van der Waals surface area contributed by atoms with Gasteiger partial charge in [-0.15, -0.1) is 0 Å². The highest BCUT2D eigenvalue weighted by Crippen LogP contribution is 2.19. The van der Waals surface area contributed by atoms with Crippen LogP contribution in [0, 0.1) is 6.92 Å². The number of nitrogens with one attached hydrogen (secondary N) is 1. The molecule has 1 aromatic rings. The maximum Gasteiger partial charge on any atom is 0.322 e. The summed E-state index contributed by atoms with van der Waals surface area (Å²) in [6, 6.07) is 6.47. The number of methoxy groups -OCH3 is 1. The van der Waals surface area contributed by atoms with Crippen LogP contribution >= 0.6 is 11.6 Å². The minimum Gasteiger partial charge on any atom is -0.468 e. The fourth-order valence-electron chi connectivity index (χ4n) is 3.31. The summed E-state index contributed by atoms with van der Waals surface area (Å²) in [6.07, 6.45) is 3.92. The average Bonchev–Trinajstić information content (AvgIpc) is 2.58. The number of rotatable bonds is 7. The lowest BCUT2D eigenvalue weighted by Crippen LogP contribution is -2.48. The summed E-state index contributed by atoms with van der Waals surface area (Å²) in [5, 5.41) is 4.32. The molecular formula is C19H29ClN2O2. The van der Waals surface area contributed by atoms with Gasteiger partial charge in [0.25, 0.3) is 0 Å². The molecular weight excluding hydrogens is 324 g/mol. The van der Waals surface area contributed by atoms with Crippen molar-refractivity contribution in [2.75, 3.05) is 20.2 Å². The second kappa shape index (κ2) is 9.40. The largest absolute Gasteiger partial charge is 0.468 e. The van der Waals surface area contributed by atoms with E-state index in [0.29, 0.717) is 6.04 Å². The lowest BCUT2D eigenvalue weighted by Gasteiger charge is -2.34. The molecule has 0 radical (unpaired) electrons. The molecule has 1 atom stereocenters. The van der Waals surface area contributed by atoms with Crippen molar-refractivity contribution in [1.82, 2.24) is 10.2 Å². The van der Waals surface area contributed by atoms with Crippen LogP contribution in [0.2, 0.25) is 5.02 Å². The third-order valence-corrected chi connectivity index (χ3v) is 5.14. The van der Waals surface area contributed by atoms with Crippen LogP contribution in [0.4, 0.5) is 0 Å². The van der Waals surface area contributed by atoms with E-state index in [0.717, 1.165) is 55.9 Å². The van der Waals surface area contributed by atoms with Gasteiger partial charge in [-0.3, -0.25) is 9.69 Å². The van der Waals surface area contributed by atoms with Gasteiger partial charge in [0.2, 0.25) is 0 Å². The molecule has 0 amide bonds. The highest BCUT2D eigenvalue weighted by Gasteiger charge is 2.25. The Bertz CT molecular complexity index is 542. The number of hydrogen-bond acceptors (Lipinski definition) is 4. The van der Waals surface area contributed by atoms with Crippen molar-refractivity contribution in [3.05, 3.63) is 34.3 Å². The second-order valence-corrected chi connectivity index (χ2v) is 7.07. The van der Waals surface area contributed by atoms with Crippen LogP contribution in [0.5, 0.6) is 0 Å². The van der Waals surface area contributed by atoms with Gasteiger partial charge in [-0.25, -0.2) is 0 Å². The molecule has 0 bridgehead atoms. The summed E-state index contributed by atoms with van der Waals surface area (Å²) < 4.78 is 4.90. The van der Waals surface area contributed by atoms with Gasteiger partial charge >= 0.3 is 5.97 Å². The first-order valence-electron chi connectivity index (χ1n) is 8.84. The first-order valence-corrected chi connectivity index (χ1v) is 9.22. The number of likely N-dealkylation sites (tertiary alicyclic amines) is 1. The summed E-state index contributed by atoms with van der Waals surface area (Å²) in [5.41, 5.74) is 2.44. The number of hydrogen-bond donors (Lipinski definition) is 1. The molecule has 24 heavy (non-hydrogen) atoms. The van der Waals surface area contributed by atoms with Crippen molar-refractivity contribution in [2.24, 2.45) is 0 Å². The molecule has 0 saturated carbocycles. The van der Waals surface area contributed by atoms with E-state index in [9.17, 15) is 4.79 Å². The van der Waals surface area contributed by atoms with Gasteiger partial charge in [0.05, 0.1) is 7.11 Å². The number of esters is 1. The second-order valence-electron chi connectivity index (χ2n) is 6.67. The smallest absolute Gasteiger partial charge is 0.322 e. The van der Waals surface area contributed by atoms with E-state index in [1.807, 2.05) is 13.0 Å². The zero-order valence-electron chi connectivity index (χ0n) is 15.0. The van der Waals surface area contributed by atoms with Gasteiger partial charge < -0.3 is 10.1 Å². The van der Waals surface area contributed by atoms with Crippen molar-refractivity contribution >= 4 is 17.6 Å². The van der Waals surface area contributed by atoms with Crippen LogP contribution in [0.1, 0.15) is 43.7 Å². The van der Waals surface area contributed by atoms with Crippen LogP contribution in [-0.2, 0) is 16.1 Å². The molecule has 5 heteroatoms. The Morgan fingerprint density at radius 3 is 2.71 bits per heavy atom. The van der Waals surface area contributed by atoms with E-state index in [4.69, 9.17) is 16.3 Å². The number of piperidine rings is 1. The van der Waals surface area contributed by atoms with Gasteiger partial charge in [0.1, 0.15) is 6.04 Å². The Kier molecular flexibility index (Phi) is 7.53. The van der Waals surface area contributed by atoms with Crippen LogP contribution < -0.4 is 5.32 Å². The van der Waals surface area contributed by atoms with Crippen LogP contribution in [0.3, 0.4) is 0 Å². The Labute approximate surface area is 150 Å². The fraction of sp³-hybridized carbons (Fsp3) is 0.632. The quantitative estimate of drug-likeness (QED) is 0.762. The number of carbonyl (C=O) groups excluding carboxylic acids is 1. The zero-order chi connectivity index (χ0) is 17.5. The standard InChI is InChI=1S/C19H29ClN2O2/c1-4-5-18(19(23)24-3)21-16-8-10-22(11-9-16)13-15-6-7-17(20)14(2)12-15/h6-7,12,16,18,21H,4-5,8-11,13H2,1-3H3/t18-/m1/s1. The average molecular weight is 353 g/mol. The maximum absolute atomic E-state index is 11.8. The Morgan fingerprint density at radius 2 is 2.12 bits per heavy atom. The Hall–Kier alpha value is -1.10. The number of carbonyl (C=O) groups is 1. The van der Waals surface area contributed by atoms with Crippen molar-refractivity contribution in [3.8, 4) is 0 Å². The summed E-state index contributed by atoms with van der Waals surface area (Å²) in [7, 11) is 1.46. The fourth-order valence-corrected chi connectivity index (χ4v) is 3.42. The zero-order valence-corrected chi connectivity index (χ0v) is 15.7. The van der Waals surface area contributed by atoms with Crippen molar-refractivity contribution < 1.29 is 9.53 Å². The molecule has 134 valence electrons. The molecule has 1 saturated heterocycles. The number of ether oxygens (including phenoxy) is 1. The van der Waals surface area contributed by atoms with Gasteiger partial charge in [-0.1, -0.05) is 37.1 Å². The van der Waals surface area contributed by atoms with Crippen LogP contribution in [0.25, 0.3) is 0 Å². The highest BCUT2D eigenvalue weighted by atomic mass is 35.5. The lowest BCUT2D eigenvalue weighted by molar-refractivity contribution is -0.143. The molecule has 4 nitrogen and oxygen atoms in total. The SMILES string of the molecule is CCC[C@@H](NC1CCN(Cc2ccc(Cl)c(C)c2)CC1)C(=O)OC. The van der Waals surface area contributed by atoms with Gasteiger partial charge in [0, 0.05) is 17.6 Å². The van der Waals surface area contributed by atoms with Crippen LogP contribution in [0.15, 0.2) is 18.2 Å². The molecule has 1 N–H and O–H groups in total. The molecule has 0 spiro atoms. The van der Waals surface area contributed by atoms with E-state index in [1.54, 1.807) is 0 Å². The molecule has 1 aliphatic rings. The molecule has 1 fully saturated rings. The van der Waals surface area contributed by atoms with E-state index in [2.05, 4.69) is 29.3 Å². The van der Waals surface area contributed by atoms with E-state index < -0.39 is 0 Å². The topological polar surface area (TPSA) is 41.6 Å². The molecule has 1 aromatic carbocycles. The predicted octanol–water partition coefficient (Wildman–Crippen LogP) is 3.54. The highest BCUT2D eigenvalue weighted by molar-refractivity contribution is 6.31. The summed E-state index contributed by atoms with van der Waals surface area (Å²) in [6.45, 7) is 7.18.